The number of hydrogen-bond donors (Lipinski definition) is 1. The highest BCUT2D eigenvalue weighted by Gasteiger charge is 2.22. The molecule has 2 fully saturated rings. The Bertz CT molecular complexity index is 397. The summed E-state index contributed by atoms with van der Waals surface area (Å²) >= 11 is 0. The molecular weight excluding hydrogens is 238 g/mol. The minimum Gasteiger partial charge on any atom is -0.340 e. The van der Waals surface area contributed by atoms with Crippen LogP contribution < -0.4 is 10.2 Å². The highest BCUT2D eigenvalue weighted by molar-refractivity contribution is 5.31. The number of hydrogen-bond acceptors (Lipinski definition) is 5. The summed E-state index contributed by atoms with van der Waals surface area (Å²) < 4.78 is 0. The minimum atomic E-state index is 0.616. The monoisotopic (exact) mass is 261 g/mol. The van der Waals surface area contributed by atoms with Crippen LogP contribution in [-0.2, 0) is 0 Å². The van der Waals surface area contributed by atoms with E-state index in [1.807, 2.05) is 12.4 Å². The Morgan fingerprint density at radius 3 is 2.74 bits per heavy atom. The van der Waals surface area contributed by atoms with Crippen LogP contribution in [0.3, 0.4) is 0 Å². The van der Waals surface area contributed by atoms with E-state index in [1.165, 1.54) is 24.9 Å². The molecule has 1 atom stereocenters. The van der Waals surface area contributed by atoms with E-state index in [2.05, 4.69) is 32.1 Å². The van der Waals surface area contributed by atoms with Gasteiger partial charge in [0.15, 0.2) is 0 Å². The topological polar surface area (TPSA) is 44.3 Å². The summed E-state index contributed by atoms with van der Waals surface area (Å²) in [5, 5.41) is 3.41. The number of likely N-dealkylation sites (tertiary alicyclic amines) is 1. The van der Waals surface area contributed by atoms with E-state index in [4.69, 9.17) is 0 Å². The Kier molecular flexibility index (Phi) is 3.94. The van der Waals surface area contributed by atoms with Gasteiger partial charge in [-0.15, -0.1) is 0 Å². The molecule has 1 N–H and O–H groups in total. The maximum absolute atomic E-state index is 4.58. The van der Waals surface area contributed by atoms with Gasteiger partial charge in [-0.2, -0.15) is 0 Å². The Hall–Kier alpha value is -1.20. The molecule has 104 valence electrons. The summed E-state index contributed by atoms with van der Waals surface area (Å²) in [5.74, 6) is 1.50. The molecule has 0 spiro atoms. The van der Waals surface area contributed by atoms with E-state index in [1.54, 1.807) is 0 Å². The van der Waals surface area contributed by atoms with E-state index < -0.39 is 0 Å². The summed E-state index contributed by atoms with van der Waals surface area (Å²) in [6, 6.07) is 0. The van der Waals surface area contributed by atoms with Gasteiger partial charge < -0.3 is 15.1 Å². The first-order chi connectivity index (χ1) is 9.33. The van der Waals surface area contributed by atoms with E-state index >= 15 is 0 Å². The molecule has 0 aliphatic carbocycles. The van der Waals surface area contributed by atoms with Gasteiger partial charge in [0.05, 0.1) is 0 Å². The fraction of sp³-hybridized carbons (Fsp3) is 0.714. The first kappa shape index (κ1) is 12.8. The van der Waals surface area contributed by atoms with Gasteiger partial charge >= 0.3 is 0 Å². The molecule has 1 aromatic heterocycles. The minimum absolute atomic E-state index is 0.616. The van der Waals surface area contributed by atoms with Crippen LogP contribution in [0.15, 0.2) is 12.4 Å². The smallest absolute Gasteiger partial charge is 0.225 e. The van der Waals surface area contributed by atoms with Gasteiger partial charge in [0.2, 0.25) is 5.95 Å². The third kappa shape index (κ3) is 3.04. The van der Waals surface area contributed by atoms with Crippen molar-refractivity contribution in [2.45, 2.75) is 18.8 Å². The summed E-state index contributed by atoms with van der Waals surface area (Å²) in [6.45, 7) is 6.51. The first-order valence-electron chi connectivity index (χ1n) is 7.29. The standard InChI is InChI=1S/C14H23N5/c1-18-7-3-12(11-18)13-9-16-14(17-10-13)19-6-2-4-15-5-8-19/h9-10,12,15H,2-8,11H2,1H3. The molecule has 0 aromatic carbocycles. The number of nitrogens with zero attached hydrogens (tertiary/aromatic N) is 4. The van der Waals surface area contributed by atoms with Gasteiger partial charge in [-0.25, -0.2) is 9.97 Å². The highest BCUT2D eigenvalue weighted by Crippen LogP contribution is 2.25. The SMILES string of the molecule is CN1CCC(c2cnc(N3CCCNCC3)nc2)C1. The summed E-state index contributed by atoms with van der Waals surface area (Å²) in [4.78, 5) is 13.8. The summed E-state index contributed by atoms with van der Waals surface area (Å²) in [6.07, 6.45) is 6.46. The Morgan fingerprint density at radius 1 is 1.16 bits per heavy atom. The number of rotatable bonds is 2. The predicted octanol–water partition coefficient (Wildman–Crippen LogP) is 0.695. The molecule has 0 radical (unpaired) electrons. The molecule has 0 saturated carbocycles. The van der Waals surface area contributed by atoms with Crippen LogP contribution in [0, 0.1) is 0 Å². The number of aromatic nitrogens is 2. The molecule has 2 aliphatic heterocycles. The third-order valence-corrected chi connectivity index (χ3v) is 4.14. The summed E-state index contributed by atoms with van der Waals surface area (Å²) in [7, 11) is 2.18. The van der Waals surface area contributed by atoms with Gasteiger partial charge in [-0.05, 0) is 38.5 Å². The third-order valence-electron chi connectivity index (χ3n) is 4.14. The molecule has 3 heterocycles. The molecule has 1 aromatic rings. The zero-order valence-corrected chi connectivity index (χ0v) is 11.7. The molecule has 0 amide bonds. The zero-order chi connectivity index (χ0) is 13.1. The van der Waals surface area contributed by atoms with Crippen molar-refractivity contribution in [3.05, 3.63) is 18.0 Å². The second kappa shape index (κ2) is 5.84. The molecule has 5 nitrogen and oxygen atoms in total. The quantitative estimate of drug-likeness (QED) is 0.849. The van der Waals surface area contributed by atoms with Crippen LogP contribution in [0.1, 0.15) is 24.3 Å². The molecule has 5 heteroatoms. The average Bonchev–Trinajstić information content (AvgIpc) is 2.72. The van der Waals surface area contributed by atoms with E-state index in [-0.39, 0.29) is 0 Å². The Morgan fingerprint density at radius 2 is 2.00 bits per heavy atom. The average molecular weight is 261 g/mol. The van der Waals surface area contributed by atoms with Crippen molar-refractivity contribution < 1.29 is 0 Å². The van der Waals surface area contributed by atoms with Crippen LogP contribution in [0.5, 0.6) is 0 Å². The normalized spacial score (nSPS) is 25.5. The molecule has 2 aliphatic rings. The van der Waals surface area contributed by atoms with Gasteiger partial charge in [-0.1, -0.05) is 0 Å². The van der Waals surface area contributed by atoms with Crippen molar-refractivity contribution in [3.8, 4) is 0 Å². The molecule has 2 saturated heterocycles. The summed E-state index contributed by atoms with van der Waals surface area (Å²) in [5.41, 5.74) is 1.29. The molecule has 1 unspecified atom stereocenters. The van der Waals surface area contributed by atoms with Crippen molar-refractivity contribution in [1.82, 2.24) is 20.2 Å². The maximum atomic E-state index is 4.58. The molecule has 0 bridgehead atoms. The van der Waals surface area contributed by atoms with E-state index in [0.717, 1.165) is 38.7 Å². The lowest BCUT2D eigenvalue weighted by Gasteiger charge is -2.20. The van der Waals surface area contributed by atoms with Crippen LogP contribution in [0.25, 0.3) is 0 Å². The second-order valence-electron chi connectivity index (χ2n) is 5.65. The number of nitrogens with one attached hydrogen (secondary N) is 1. The molecular formula is C14H23N5. The number of anilines is 1. The van der Waals surface area contributed by atoms with Crippen LogP contribution >= 0.6 is 0 Å². The van der Waals surface area contributed by atoms with Gasteiger partial charge in [0.25, 0.3) is 0 Å². The van der Waals surface area contributed by atoms with Crippen LogP contribution in [0.4, 0.5) is 5.95 Å². The van der Waals surface area contributed by atoms with Crippen LogP contribution in [0.2, 0.25) is 0 Å². The lowest BCUT2D eigenvalue weighted by atomic mass is 10.0. The predicted molar refractivity (Wildman–Crippen MR) is 76.6 cm³/mol. The molecule has 3 rings (SSSR count). The van der Waals surface area contributed by atoms with Crippen molar-refractivity contribution in [2.75, 3.05) is 51.2 Å². The van der Waals surface area contributed by atoms with Crippen LogP contribution in [-0.4, -0.2) is 61.2 Å². The van der Waals surface area contributed by atoms with Crippen molar-refractivity contribution in [1.29, 1.82) is 0 Å². The van der Waals surface area contributed by atoms with Crippen molar-refractivity contribution >= 4 is 5.95 Å². The fourth-order valence-corrected chi connectivity index (χ4v) is 2.96. The largest absolute Gasteiger partial charge is 0.340 e. The van der Waals surface area contributed by atoms with Crippen molar-refractivity contribution in [3.63, 3.8) is 0 Å². The van der Waals surface area contributed by atoms with Crippen molar-refractivity contribution in [2.24, 2.45) is 0 Å². The number of likely N-dealkylation sites (N-methyl/N-ethyl adjacent to an activating group) is 1. The lowest BCUT2D eigenvalue weighted by molar-refractivity contribution is 0.411. The van der Waals surface area contributed by atoms with E-state index in [9.17, 15) is 0 Å². The Labute approximate surface area is 115 Å². The highest BCUT2D eigenvalue weighted by atomic mass is 15.3. The lowest BCUT2D eigenvalue weighted by Crippen LogP contribution is -2.29. The van der Waals surface area contributed by atoms with E-state index in [0.29, 0.717) is 5.92 Å². The van der Waals surface area contributed by atoms with Gasteiger partial charge in [-0.3, -0.25) is 0 Å². The van der Waals surface area contributed by atoms with Gasteiger partial charge in [0.1, 0.15) is 0 Å². The first-order valence-corrected chi connectivity index (χ1v) is 7.29. The molecule has 19 heavy (non-hydrogen) atoms. The fourth-order valence-electron chi connectivity index (χ4n) is 2.96. The Balaban J connectivity index is 1.67. The zero-order valence-electron chi connectivity index (χ0n) is 11.7. The second-order valence-corrected chi connectivity index (χ2v) is 5.65. The van der Waals surface area contributed by atoms with Gasteiger partial charge in [0, 0.05) is 44.5 Å². The maximum Gasteiger partial charge on any atom is 0.225 e.